The molecule has 0 saturated carbocycles. The van der Waals surface area contributed by atoms with Gasteiger partial charge >= 0.3 is 0 Å². The van der Waals surface area contributed by atoms with Gasteiger partial charge in [0.1, 0.15) is 5.75 Å². The van der Waals surface area contributed by atoms with Crippen molar-refractivity contribution in [2.75, 3.05) is 18.4 Å². The van der Waals surface area contributed by atoms with Crippen molar-refractivity contribution in [3.05, 3.63) is 22.7 Å². The second-order valence-corrected chi connectivity index (χ2v) is 6.50. The number of methoxy groups -OCH3 is 1. The molecular weight excluding hydrogens is 308 g/mol. The summed E-state index contributed by atoms with van der Waals surface area (Å²) in [6.07, 6.45) is 0. The molecule has 0 aliphatic carbocycles. The van der Waals surface area contributed by atoms with E-state index in [1.54, 1.807) is 25.1 Å². The standard InChI is InChI=1S/C10H15BrN2O3S/c1-7(6-12)17(14,15)13-8-3-4-9(11)10(5-8)16-2/h3-5,7,13H,6,12H2,1-2H3. The molecule has 0 spiro atoms. The molecule has 0 aliphatic heterocycles. The zero-order valence-electron chi connectivity index (χ0n) is 9.60. The van der Waals surface area contributed by atoms with E-state index in [0.29, 0.717) is 11.4 Å². The Morgan fingerprint density at radius 1 is 1.53 bits per heavy atom. The molecule has 0 aliphatic rings. The van der Waals surface area contributed by atoms with Gasteiger partial charge in [-0.15, -0.1) is 0 Å². The summed E-state index contributed by atoms with van der Waals surface area (Å²) < 4.78 is 31.8. The van der Waals surface area contributed by atoms with Crippen molar-refractivity contribution in [3.8, 4) is 5.75 Å². The SMILES string of the molecule is COc1cc(NS(=O)(=O)C(C)CN)ccc1Br. The summed E-state index contributed by atoms with van der Waals surface area (Å²) in [6.45, 7) is 1.63. The second kappa shape index (κ2) is 5.70. The summed E-state index contributed by atoms with van der Waals surface area (Å²) >= 11 is 3.29. The van der Waals surface area contributed by atoms with Gasteiger partial charge in [0.25, 0.3) is 0 Å². The van der Waals surface area contributed by atoms with Crippen molar-refractivity contribution in [3.63, 3.8) is 0 Å². The average Bonchev–Trinajstić information content (AvgIpc) is 2.30. The lowest BCUT2D eigenvalue weighted by Crippen LogP contribution is -2.31. The molecule has 0 amide bonds. The smallest absolute Gasteiger partial charge is 0.236 e. The third-order valence-electron chi connectivity index (χ3n) is 2.27. The molecule has 7 heteroatoms. The normalized spacial score (nSPS) is 13.2. The van der Waals surface area contributed by atoms with Crippen LogP contribution in [-0.2, 0) is 10.0 Å². The van der Waals surface area contributed by atoms with Crippen LogP contribution >= 0.6 is 15.9 Å². The quantitative estimate of drug-likeness (QED) is 0.861. The molecule has 0 bridgehead atoms. The monoisotopic (exact) mass is 322 g/mol. The highest BCUT2D eigenvalue weighted by Crippen LogP contribution is 2.28. The van der Waals surface area contributed by atoms with Gasteiger partial charge in [0.05, 0.1) is 22.5 Å². The van der Waals surface area contributed by atoms with E-state index in [1.165, 1.54) is 7.11 Å². The number of anilines is 1. The Kier molecular flexibility index (Phi) is 4.79. The van der Waals surface area contributed by atoms with Crippen LogP contribution < -0.4 is 15.2 Å². The number of ether oxygens (including phenoxy) is 1. The van der Waals surface area contributed by atoms with Gasteiger partial charge in [-0.3, -0.25) is 4.72 Å². The van der Waals surface area contributed by atoms with Crippen molar-refractivity contribution >= 4 is 31.6 Å². The van der Waals surface area contributed by atoms with E-state index in [0.717, 1.165) is 4.47 Å². The Balaban J connectivity index is 2.96. The zero-order valence-corrected chi connectivity index (χ0v) is 12.0. The van der Waals surface area contributed by atoms with Crippen LogP contribution in [0.4, 0.5) is 5.69 Å². The fraction of sp³-hybridized carbons (Fsp3) is 0.400. The predicted molar refractivity (Wildman–Crippen MR) is 71.8 cm³/mol. The van der Waals surface area contributed by atoms with Crippen LogP contribution in [0.25, 0.3) is 0 Å². The fourth-order valence-electron chi connectivity index (χ4n) is 1.11. The summed E-state index contributed by atoms with van der Waals surface area (Å²) in [7, 11) is -1.93. The highest BCUT2D eigenvalue weighted by Gasteiger charge is 2.19. The predicted octanol–water partition coefficient (Wildman–Crippen LogP) is 1.55. The Labute approximate surface area is 110 Å². The maximum Gasteiger partial charge on any atom is 0.236 e. The third kappa shape index (κ3) is 3.58. The van der Waals surface area contributed by atoms with E-state index < -0.39 is 15.3 Å². The average molecular weight is 323 g/mol. The molecule has 1 rings (SSSR count). The summed E-state index contributed by atoms with van der Waals surface area (Å²) in [5.74, 6) is 0.561. The highest BCUT2D eigenvalue weighted by atomic mass is 79.9. The molecule has 3 N–H and O–H groups in total. The molecule has 0 aromatic heterocycles. The van der Waals surface area contributed by atoms with Crippen molar-refractivity contribution in [1.29, 1.82) is 0 Å². The first-order valence-corrected chi connectivity index (χ1v) is 7.30. The second-order valence-electron chi connectivity index (χ2n) is 3.54. The van der Waals surface area contributed by atoms with Gasteiger partial charge in [-0.05, 0) is 35.0 Å². The van der Waals surface area contributed by atoms with Gasteiger partial charge < -0.3 is 10.5 Å². The number of nitrogens with two attached hydrogens (primary N) is 1. The van der Waals surface area contributed by atoms with Crippen LogP contribution in [0.5, 0.6) is 5.75 Å². The zero-order chi connectivity index (χ0) is 13.1. The Hall–Kier alpha value is -0.790. The topological polar surface area (TPSA) is 81.4 Å². The van der Waals surface area contributed by atoms with E-state index in [4.69, 9.17) is 10.5 Å². The van der Waals surface area contributed by atoms with Crippen molar-refractivity contribution in [2.24, 2.45) is 5.73 Å². The Morgan fingerprint density at radius 2 is 2.18 bits per heavy atom. The highest BCUT2D eigenvalue weighted by molar-refractivity contribution is 9.10. The Morgan fingerprint density at radius 3 is 2.71 bits per heavy atom. The molecule has 1 aromatic rings. The lowest BCUT2D eigenvalue weighted by molar-refractivity contribution is 0.412. The van der Waals surface area contributed by atoms with Crippen molar-refractivity contribution < 1.29 is 13.2 Å². The first-order chi connectivity index (χ1) is 7.90. The minimum atomic E-state index is -3.45. The summed E-state index contributed by atoms with van der Waals surface area (Å²) in [4.78, 5) is 0. The molecule has 5 nitrogen and oxygen atoms in total. The molecule has 0 saturated heterocycles. The lowest BCUT2D eigenvalue weighted by Gasteiger charge is -2.13. The van der Waals surface area contributed by atoms with Crippen molar-refractivity contribution in [1.82, 2.24) is 0 Å². The molecule has 0 fully saturated rings. The number of sulfonamides is 1. The maximum absolute atomic E-state index is 11.8. The molecule has 17 heavy (non-hydrogen) atoms. The first kappa shape index (κ1) is 14.3. The fourth-order valence-corrected chi connectivity index (χ4v) is 2.43. The molecule has 1 atom stereocenters. The van der Waals surface area contributed by atoms with Crippen LogP contribution in [-0.4, -0.2) is 27.3 Å². The van der Waals surface area contributed by atoms with Gasteiger partial charge in [-0.1, -0.05) is 0 Å². The van der Waals surface area contributed by atoms with Crippen LogP contribution in [0, 0.1) is 0 Å². The van der Waals surface area contributed by atoms with Crippen LogP contribution in [0.3, 0.4) is 0 Å². The number of halogens is 1. The van der Waals surface area contributed by atoms with Gasteiger partial charge in [0, 0.05) is 12.6 Å². The molecular formula is C10H15BrN2O3S. The number of benzene rings is 1. The summed E-state index contributed by atoms with van der Waals surface area (Å²) in [6, 6.07) is 4.96. The van der Waals surface area contributed by atoms with Crippen LogP contribution in [0.1, 0.15) is 6.92 Å². The van der Waals surface area contributed by atoms with Gasteiger partial charge in [-0.25, -0.2) is 8.42 Å². The number of nitrogens with one attached hydrogen (secondary N) is 1. The number of rotatable bonds is 5. The van der Waals surface area contributed by atoms with Gasteiger partial charge in [-0.2, -0.15) is 0 Å². The molecule has 1 unspecified atom stereocenters. The minimum absolute atomic E-state index is 0.0724. The number of hydrogen-bond acceptors (Lipinski definition) is 4. The maximum atomic E-state index is 11.8. The van der Waals surface area contributed by atoms with E-state index >= 15 is 0 Å². The van der Waals surface area contributed by atoms with E-state index in [-0.39, 0.29) is 6.54 Å². The van der Waals surface area contributed by atoms with E-state index in [2.05, 4.69) is 20.7 Å². The summed E-state index contributed by atoms with van der Waals surface area (Å²) in [5.41, 5.74) is 5.79. The molecule has 0 heterocycles. The molecule has 96 valence electrons. The first-order valence-electron chi connectivity index (χ1n) is 4.96. The van der Waals surface area contributed by atoms with E-state index in [9.17, 15) is 8.42 Å². The van der Waals surface area contributed by atoms with Crippen LogP contribution in [0.15, 0.2) is 22.7 Å². The number of hydrogen-bond donors (Lipinski definition) is 2. The van der Waals surface area contributed by atoms with Crippen LogP contribution in [0.2, 0.25) is 0 Å². The van der Waals surface area contributed by atoms with Gasteiger partial charge in [0.15, 0.2) is 0 Å². The largest absolute Gasteiger partial charge is 0.495 e. The minimum Gasteiger partial charge on any atom is -0.495 e. The van der Waals surface area contributed by atoms with E-state index in [1.807, 2.05) is 0 Å². The molecule has 0 radical (unpaired) electrons. The van der Waals surface area contributed by atoms with Gasteiger partial charge in [0.2, 0.25) is 10.0 Å². The summed E-state index contributed by atoms with van der Waals surface area (Å²) in [5, 5.41) is -0.642. The third-order valence-corrected chi connectivity index (χ3v) is 4.70. The Bertz CT molecular complexity index is 490. The van der Waals surface area contributed by atoms with Crippen molar-refractivity contribution in [2.45, 2.75) is 12.2 Å². The molecule has 1 aromatic carbocycles. The lowest BCUT2D eigenvalue weighted by atomic mass is 10.3.